The van der Waals surface area contributed by atoms with Gasteiger partial charge in [-0.2, -0.15) is 0 Å². The predicted molar refractivity (Wildman–Crippen MR) is 111 cm³/mol. The number of hydrogen-bond acceptors (Lipinski definition) is 3. The van der Waals surface area contributed by atoms with Gasteiger partial charge in [-0.25, -0.2) is 4.98 Å². The minimum atomic E-state index is 0. The smallest absolute Gasteiger partial charge is 0.193 e. The van der Waals surface area contributed by atoms with Gasteiger partial charge in [0.15, 0.2) is 5.96 Å². The molecule has 0 aliphatic rings. The van der Waals surface area contributed by atoms with Gasteiger partial charge >= 0.3 is 0 Å². The summed E-state index contributed by atoms with van der Waals surface area (Å²) in [6, 6.07) is 8.27. The third-order valence-corrected chi connectivity index (χ3v) is 4.42. The first-order valence-electron chi connectivity index (χ1n) is 7.68. The minimum Gasteiger partial charge on any atom is -0.370 e. The highest BCUT2D eigenvalue weighted by Crippen LogP contribution is 2.18. The molecule has 3 N–H and O–H groups in total. The first-order valence-corrected chi connectivity index (χ1v) is 8.56. The molecule has 0 amide bonds. The summed E-state index contributed by atoms with van der Waals surface area (Å²) in [4.78, 5) is 8.90. The predicted octanol–water partition coefficient (Wildman–Crippen LogP) is 4.42. The Morgan fingerprint density at radius 3 is 2.83 bits per heavy atom. The molecule has 1 aromatic heterocycles. The number of nitrogens with zero attached hydrogens (tertiary/aromatic N) is 2. The second-order valence-corrected chi connectivity index (χ2v) is 6.45. The molecule has 2 aromatic rings. The van der Waals surface area contributed by atoms with Crippen molar-refractivity contribution in [3.63, 3.8) is 0 Å². The first kappa shape index (κ1) is 19.9. The van der Waals surface area contributed by atoms with Gasteiger partial charge in [0.05, 0.1) is 10.7 Å². The maximum atomic E-state index is 5.95. The number of aryl methyl sites for hydroxylation is 1. The van der Waals surface area contributed by atoms with Crippen molar-refractivity contribution in [1.82, 2.24) is 4.98 Å². The van der Waals surface area contributed by atoms with Crippen molar-refractivity contribution in [1.29, 1.82) is 0 Å². The Labute approximate surface area is 159 Å². The monoisotopic (exact) mass is 444 g/mol. The molecule has 0 atom stereocenters. The van der Waals surface area contributed by atoms with Gasteiger partial charge in [0, 0.05) is 24.0 Å². The molecule has 0 saturated carbocycles. The molecule has 23 heavy (non-hydrogen) atoms. The van der Waals surface area contributed by atoms with Crippen LogP contribution in [0.25, 0.3) is 0 Å². The van der Waals surface area contributed by atoms with Gasteiger partial charge in [-0.1, -0.05) is 32.9 Å². The molecule has 0 bridgehead atoms. The van der Waals surface area contributed by atoms with Crippen LogP contribution in [-0.2, 0) is 12.8 Å². The SMILES string of the molecule is CCc1nc(CCN=C(N)Nc2cccc(C(C)C)c2)cs1.I. The number of nitrogens with two attached hydrogens (primary N) is 1. The van der Waals surface area contributed by atoms with Crippen molar-refractivity contribution in [3.8, 4) is 0 Å². The summed E-state index contributed by atoms with van der Waals surface area (Å²) in [7, 11) is 0. The van der Waals surface area contributed by atoms with Crippen LogP contribution in [0.5, 0.6) is 0 Å². The number of anilines is 1. The largest absolute Gasteiger partial charge is 0.370 e. The fourth-order valence-electron chi connectivity index (χ4n) is 2.08. The maximum Gasteiger partial charge on any atom is 0.193 e. The van der Waals surface area contributed by atoms with Gasteiger partial charge in [0.25, 0.3) is 0 Å². The lowest BCUT2D eigenvalue weighted by atomic mass is 10.0. The van der Waals surface area contributed by atoms with Crippen molar-refractivity contribution >= 4 is 47.0 Å². The molecule has 1 aromatic carbocycles. The summed E-state index contributed by atoms with van der Waals surface area (Å²) in [5, 5.41) is 6.43. The number of aromatic nitrogens is 1. The van der Waals surface area contributed by atoms with E-state index < -0.39 is 0 Å². The first-order chi connectivity index (χ1) is 10.6. The van der Waals surface area contributed by atoms with Crippen LogP contribution in [0.15, 0.2) is 34.6 Å². The molecule has 1 heterocycles. The Hall–Kier alpha value is -1.15. The third kappa shape index (κ3) is 6.47. The minimum absolute atomic E-state index is 0. The van der Waals surface area contributed by atoms with E-state index in [0.717, 1.165) is 24.2 Å². The zero-order valence-electron chi connectivity index (χ0n) is 13.9. The van der Waals surface area contributed by atoms with Crippen LogP contribution in [0.1, 0.15) is 43.0 Å². The average Bonchev–Trinajstić information content (AvgIpc) is 2.95. The van der Waals surface area contributed by atoms with Crippen LogP contribution < -0.4 is 11.1 Å². The van der Waals surface area contributed by atoms with E-state index in [0.29, 0.717) is 18.4 Å². The molecule has 0 spiro atoms. The summed E-state index contributed by atoms with van der Waals surface area (Å²) >= 11 is 1.71. The summed E-state index contributed by atoms with van der Waals surface area (Å²) in [5.74, 6) is 0.948. The lowest BCUT2D eigenvalue weighted by Gasteiger charge is -2.09. The Kier molecular flexibility index (Phi) is 8.54. The summed E-state index contributed by atoms with van der Waals surface area (Å²) in [5.41, 5.74) is 9.31. The average molecular weight is 444 g/mol. The van der Waals surface area contributed by atoms with Crippen LogP contribution in [0.3, 0.4) is 0 Å². The van der Waals surface area contributed by atoms with Crippen molar-refractivity contribution < 1.29 is 0 Å². The standard InChI is InChI=1S/C17H24N4S.HI/c1-4-16-20-15(11-22-16)8-9-19-17(18)21-14-7-5-6-13(10-14)12(2)3;/h5-7,10-12H,4,8-9H2,1-3H3,(H3,18,19,21);1H. The number of aliphatic imine (C=N–C) groups is 1. The highest BCUT2D eigenvalue weighted by atomic mass is 127. The van der Waals surface area contributed by atoms with Crippen molar-refractivity contribution in [2.45, 2.75) is 39.5 Å². The highest BCUT2D eigenvalue weighted by Gasteiger charge is 2.02. The molecule has 126 valence electrons. The van der Waals surface area contributed by atoms with E-state index in [1.165, 1.54) is 10.6 Å². The lowest BCUT2D eigenvalue weighted by molar-refractivity contribution is 0.867. The summed E-state index contributed by atoms with van der Waals surface area (Å²) < 4.78 is 0. The molecule has 2 rings (SSSR count). The van der Waals surface area contributed by atoms with E-state index in [9.17, 15) is 0 Å². The quantitative estimate of drug-likeness (QED) is 0.394. The van der Waals surface area contributed by atoms with E-state index in [4.69, 9.17) is 5.73 Å². The molecule has 0 radical (unpaired) electrons. The molecule has 6 heteroatoms. The molecule has 0 saturated heterocycles. The van der Waals surface area contributed by atoms with E-state index in [2.05, 4.69) is 53.6 Å². The Bertz CT molecular complexity index is 637. The van der Waals surface area contributed by atoms with Gasteiger partial charge in [-0.15, -0.1) is 35.3 Å². The number of halogens is 1. The molecular formula is C17H25IN4S. The lowest BCUT2D eigenvalue weighted by Crippen LogP contribution is -2.23. The van der Waals surface area contributed by atoms with Gasteiger partial charge in [0.1, 0.15) is 0 Å². The molecule has 4 nitrogen and oxygen atoms in total. The number of benzene rings is 1. The number of thiazole rings is 1. The Balaban J connectivity index is 0.00000264. The molecule has 0 aliphatic heterocycles. The molecule has 0 aliphatic carbocycles. The van der Waals surface area contributed by atoms with Gasteiger partial charge in [-0.3, -0.25) is 4.99 Å². The Morgan fingerprint density at radius 1 is 1.39 bits per heavy atom. The number of nitrogens with one attached hydrogen (secondary N) is 1. The highest BCUT2D eigenvalue weighted by molar-refractivity contribution is 14.0. The van der Waals surface area contributed by atoms with E-state index >= 15 is 0 Å². The molecular weight excluding hydrogens is 419 g/mol. The fourth-order valence-corrected chi connectivity index (χ4v) is 2.86. The Morgan fingerprint density at radius 2 is 2.17 bits per heavy atom. The molecule has 0 fully saturated rings. The van der Waals surface area contributed by atoms with Crippen molar-refractivity contribution in [3.05, 3.63) is 45.9 Å². The van der Waals surface area contributed by atoms with E-state index in [1.807, 2.05) is 12.1 Å². The van der Waals surface area contributed by atoms with E-state index in [-0.39, 0.29) is 24.0 Å². The normalized spacial score (nSPS) is 11.4. The topological polar surface area (TPSA) is 63.3 Å². The summed E-state index contributed by atoms with van der Waals surface area (Å²) in [6.07, 6.45) is 1.81. The summed E-state index contributed by atoms with van der Waals surface area (Å²) in [6.45, 7) is 7.12. The zero-order valence-corrected chi connectivity index (χ0v) is 17.0. The zero-order chi connectivity index (χ0) is 15.9. The number of guanidine groups is 1. The van der Waals surface area contributed by atoms with Crippen LogP contribution in [0.2, 0.25) is 0 Å². The van der Waals surface area contributed by atoms with Gasteiger partial charge in [0.2, 0.25) is 0 Å². The second kappa shape index (κ2) is 9.87. The second-order valence-electron chi connectivity index (χ2n) is 5.51. The van der Waals surface area contributed by atoms with Crippen LogP contribution >= 0.6 is 35.3 Å². The van der Waals surface area contributed by atoms with Crippen LogP contribution in [0.4, 0.5) is 5.69 Å². The number of hydrogen-bond donors (Lipinski definition) is 2. The van der Waals surface area contributed by atoms with Crippen LogP contribution in [-0.4, -0.2) is 17.5 Å². The van der Waals surface area contributed by atoms with Crippen molar-refractivity contribution in [2.24, 2.45) is 10.7 Å². The third-order valence-electron chi connectivity index (χ3n) is 3.38. The van der Waals surface area contributed by atoms with Crippen LogP contribution in [0, 0.1) is 0 Å². The van der Waals surface area contributed by atoms with Gasteiger partial charge in [-0.05, 0) is 30.0 Å². The van der Waals surface area contributed by atoms with Gasteiger partial charge < -0.3 is 11.1 Å². The van der Waals surface area contributed by atoms with Crippen molar-refractivity contribution in [2.75, 3.05) is 11.9 Å². The fraction of sp³-hybridized carbons (Fsp3) is 0.412. The number of rotatable bonds is 6. The molecule has 0 unspecified atom stereocenters. The maximum absolute atomic E-state index is 5.95. The van der Waals surface area contributed by atoms with E-state index in [1.54, 1.807) is 11.3 Å².